The Balaban J connectivity index is 0.887. The van der Waals surface area contributed by atoms with Gasteiger partial charge in [0.05, 0.1) is 71.1 Å². The molecule has 27 nitrogen and oxygen atoms in total. The van der Waals surface area contributed by atoms with Gasteiger partial charge in [-0.15, -0.1) is 0 Å². The molecule has 0 radical (unpaired) electrons. The van der Waals surface area contributed by atoms with E-state index < -0.39 is 122 Å². The lowest BCUT2D eigenvalue weighted by Crippen LogP contribution is -2.35. The van der Waals surface area contributed by atoms with E-state index >= 15 is 4.57 Å². The number of fused-ring (bicyclic) bond motifs is 1. The number of aromatic nitrogens is 6. The third-order valence-corrected chi connectivity index (χ3v) is 19.0. The van der Waals surface area contributed by atoms with Crippen LogP contribution in [0.15, 0.2) is 162 Å². The summed E-state index contributed by atoms with van der Waals surface area (Å²) in [7, 11) is -11.3. The molecule has 31 heteroatoms. The number of amides is 1. The fourth-order valence-corrected chi connectivity index (χ4v) is 13.6. The fourth-order valence-electron chi connectivity index (χ4n) is 10.3. The van der Waals surface area contributed by atoms with E-state index in [0.29, 0.717) is 33.8 Å². The summed E-state index contributed by atoms with van der Waals surface area (Å²) < 4.78 is 124. The molecule has 0 spiro atoms. The van der Waals surface area contributed by atoms with Gasteiger partial charge in [0.15, 0.2) is 26.8 Å². The van der Waals surface area contributed by atoms with Gasteiger partial charge in [0.2, 0.25) is 0 Å². The molecule has 0 aliphatic carbocycles. The number of imidazole rings is 1. The number of anilines is 1. The molecule has 2 fully saturated rings. The number of aryl methyl sites for hydroxylation is 1. The van der Waals surface area contributed by atoms with E-state index in [-0.39, 0.29) is 53.0 Å². The Hall–Kier alpha value is -7.95. The first-order chi connectivity index (χ1) is 43.6. The van der Waals surface area contributed by atoms with Crippen molar-refractivity contribution in [2.75, 3.05) is 64.1 Å². The second kappa shape index (κ2) is 28.7. The number of aromatic amines is 1. The van der Waals surface area contributed by atoms with Crippen LogP contribution in [0.4, 0.5) is 5.82 Å². The van der Waals surface area contributed by atoms with Crippen LogP contribution in [0, 0.1) is 6.92 Å². The highest BCUT2D eigenvalue weighted by molar-refractivity contribution is 7.91. The Morgan fingerprint density at radius 2 is 1.40 bits per heavy atom. The maximum Gasteiger partial charge on any atom is 0.530 e. The van der Waals surface area contributed by atoms with E-state index in [9.17, 15) is 37.1 Å². The zero-order valence-corrected chi connectivity index (χ0v) is 52.5. The van der Waals surface area contributed by atoms with Crippen molar-refractivity contribution >= 4 is 65.9 Å². The number of esters is 1. The minimum Gasteiger partial charge on any atom is -0.497 e. The quantitative estimate of drug-likeness (QED) is 0.0238. The van der Waals surface area contributed by atoms with Crippen molar-refractivity contribution in [3.8, 4) is 17.2 Å². The first-order valence-corrected chi connectivity index (χ1v) is 33.3. The summed E-state index contributed by atoms with van der Waals surface area (Å²) in [4.78, 5) is 77.6. The summed E-state index contributed by atoms with van der Waals surface area (Å²) >= 11 is 6.21. The Labute approximate surface area is 525 Å². The largest absolute Gasteiger partial charge is 0.530 e. The zero-order chi connectivity index (χ0) is 64.5. The summed E-state index contributed by atoms with van der Waals surface area (Å²) in [6.45, 7) is -0.411. The number of ether oxygens (including phenoxy) is 6. The van der Waals surface area contributed by atoms with Gasteiger partial charge in [-0.2, -0.15) is 0 Å². The van der Waals surface area contributed by atoms with Gasteiger partial charge in [-0.3, -0.25) is 42.0 Å². The number of phosphoric acid groups is 2. The Bertz CT molecular complexity index is 4140. The van der Waals surface area contributed by atoms with Crippen molar-refractivity contribution in [2.45, 2.75) is 62.6 Å². The van der Waals surface area contributed by atoms with Gasteiger partial charge in [0.25, 0.3) is 11.5 Å². The van der Waals surface area contributed by atoms with Gasteiger partial charge in [-0.1, -0.05) is 84.4 Å². The lowest BCUT2D eigenvalue weighted by Gasteiger charge is -2.36. The molecule has 0 bridgehead atoms. The number of nitrogens with one attached hydrogen (secondary N) is 2. The van der Waals surface area contributed by atoms with Crippen LogP contribution in [-0.2, 0) is 66.4 Å². The van der Waals surface area contributed by atoms with Gasteiger partial charge in [0.1, 0.15) is 59.8 Å². The first kappa shape index (κ1) is 66.0. The molecule has 2 unspecified atom stereocenters. The van der Waals surface area contributed by atoms with Crippen LogP contribution in [-0.4, -0.2) is 137 Å². The van der Waals surface area contributed by atoms with Gasteiger partial charge < -0.3 is 47.7 Å². The number of halogens is 1. The number of carbonyl (C=O) groups excluding carboxylic acids is 2. The highest BCUT2D eigenvalue weighted by Crippen LogP contribution is 2.55. The third-order valence-electron chi connectivity index (χ3n) is 14.8. The minimum absolute atomic E-state index is 0.0146. The van der Waals surface area contributed by atoms with E-state index in [1.807, 2.05) is 54.6 Å². The standard InChI is InChI=1S/C60H62ClN7O20P2S/c1-38-32-67(59(72)66-57(38)70)52-31-49(85-39(2)69)50(86-52)34-84-90(75,87-47-25-19-44(61)20-26-47)88-54-48(68-37-64-53-55(62-36-63-56(53)68)65-58(71)40-11-7-5-8-12-40)33-80-51(54)35-83-89(73,74)82-28-30-91(76,77)29-27-81-60(41-13-9-6-10-14-41,42-15-21-45(78-3)22-16-42)43-17-23-46(79-4)24-18-43/h5-26,32,36-37,48-52,54H,27-31,33-35H2,1-4H3,(H,73,74)(H,66,70,72)(H,62,63,65,71)/t48-,49+,50-,51-,52-,54+,90?/m1/s1. The average Bonchev–Trinajstić information content (AvgIpc) is 1.98. The second-order valence-electron chi connectivity index (χ2n) is 20.8. The number of phosphoric ester groups is 2. The topological polar surface area (TPSA) is 335 Å². The molecule has 0 saturated carbocycles. The predicted octanol–water partition coefficient (Wildman–Crippen LogP) is 7.91. The predicted molar refractivity (Wildman–Crippen MR) is 328 cm³/mol. The van der Waals surface area contributed by atoms with Gasteiger partial charge in [-0.25, -0.2) is 37.3 Å². The number of sulfone groups is 1. The Morgan fingerprint density at radius 1 is 0.780 bits per heavy atom. The van der Waals surface area contributed by atoms with Crippen LogP contribution in [0.2, 0.25) is 5.02 Å². The van der Waals surface area contributed by atoms with Crippen LogP contribution >= 0.6 is 27.2 Å². The highest BCUT2D eigenvalue weighted by Gasteiger charge is 2.49. The zero-order valence-electron chi connectivity index (χ0n) is 49.2. The number of rotatable bonds is 28. The average molecular weight is 1330 g/mol. The second-order valence-corrected chi connectivity index (χ2v) is 26.5. The molecule has 5 aromatic carbocycles. The highest BCUT2D eigenvalue weighted by atomic mass is 35.5. The van der Waals surface area contributed by atoms with E-state index in [4.69, 9.17) is 62.6 Å². The van der Waals surface area contributed by atoms with Crippen LogP contribution in [0.25, 0.3) is 11.2 Å². The molecule has 1 amide bonds. The Morgan fingerprint density at radius 3 is 2.04 bits per heavy atom. The van der Waals surface area contributed by atoms with Gasteiger partial charge >= 0.3 is 27.3 Å². The fraction of sp³-hybridized carbons (Fsp3) is 0.317. The maximum atomic E-state index is 15.5. The summed E-state index contributed by atoms with van der Waals surface area (Å²) in [5, 5.41) is 3.01. The number of hydrogen-bond donors (Lipinski definition) is 3. The first-order valence-electron chi connectivity index (χ1n) is 28.1. The smallest absolute Gasteiger partial charge is 0.497 e. The lowest BCUT2D eigenvalue weighted by molar-refractivity contribution is -0.150. The van der Waals surface area contributed by atoms with Gasteiger partial charge in [-0.05, 0) is 84.3 Å². The summed E-state index contributed by atoms with van der Waals surface area (Å²) in [6, 6.07) is 36.3. The minimum atomic E-state index is -5.18. The molecule has 8 atom stereocenters. The Kier molecular flexibility index (Phi) is 20.8. The number of nitrogens with zero attached hydrogens (tertiary/aromatic N) is 5. The molecular formula is C60H62ClN7O20P2S. The summed E-state index contributed by atoms with van der Waals surface area (Å²) in [5.41, 5.74) is -0.0973. The van der Waals surface area contributed by atoms with E-state index in [1.54, 1.807) is 54.6 Å². The number of methoxy groups -OCH3 is 2. The van der Waals surface area contributed by atoms with Crippen LogP contribution in [0.3, 0.4) is 0 Å². The number of carbonyl (C=O) groups is 2. The lowest BCUT2D eigenvalue weighted by atomic mass is 9.80. The number of benzene rings is 5. The monoisotopic (exact) mass is 1330 g/mol. The molecule has 480 valence electrons. The van der Waals surface area contributed by atoms with Crippen LogP contribution in [0.1, 0.15) is 58.2 Å². The molecule has 2 aliphatic rings. The van der Waals surface area contributed by atoms with Crippen LogP contribution < -0.4 is 30.6 Å². The summed E-state index contributed by atoms with van der Waals surface area (Å²) in [5.74, 6) is -1.46. The molecule has 2 aliphatic heterocycles. The van der Waals surface area contributed by atoms with Crippen molar-refractivity contribution in [1.82, 2.24) is 29.1 Å². The van der Waals surface area contributed by atoms with Crippen molar-refractivity contribution in [2.24, 2.45) is 0 Å². The number of hydrogen-bond acceptors (Lipinski definition) is 22. The van der Waals surface area contributed by atoms with Crippen molar-refractivity contribution in [3.05, 3.63) is 206 Å². The molecule has 3 N–H and O–H groups in total. The van der Waals surface area contributed by atoms with Gasteiger partial charge in [0, 0.05) is 35.7 Å². The molecule has 5 heterocycles. The van der Waals surface area contributed by atoms with E-state index in [0.717, 1.165) is 17.8 Å². The molecule has 91 heavy (non-hydrogen) atoms. The summed E-state index contributed by atoms with van der Waals surface area (Å²) in [6.07, 6.45) is -2.92. The molecule has 8 aromatic rings. The maximum absolute atomic E-state index is 15.5. The SMILES string of the molecule is COc1ccc(C(OCCS(=O)(=O)CCOP(=O)(O)OC[C@H]2OC[C@@H](n3cnc4c(NC(=O)c5ccccc5)ncnc43)[C@@H]2OP(=O)(OC[C@H]2O[C@@H](n3cc(C)c(=O)[nH]c3=O)C[C@@H]2OC(C)=O)Oc2ccc(Cl)cc2)(c2ccccc2)c2ccc(OC)cc2)cc1. The van der Waals surface area contributed by atoms with Crippen molar-refractivity contribution < 1.29 is 83.1 Å². The number of H-pyrrole nitrogens is 1. The van der Waals surface area contributed by atoms with E-state index in [2.05, 4.69) is 25.3 Å². The molecular weight excluding hydrogens is 1270 g/mol. The molecule has 3 aromatic heterocycles. The molecule has 10 rings (SSSR count). The normalized spacial score (nSPS) is 19.7. The molecule has 2 saturated heterocycles. The van der Waals surface area contributed by atoms with Crippen LogP contribution in [0.5, 0.6) is 17.2 Å². The third kappa shape index (κ3) is 15.9. The van der Waals surface area contributed by atoms with E-state index in [1.165, 1.54) is 62.5 Å². The van der Waals surface area contributed by atoms with Crippen molar-refractivity contribution in [1.29, 1.82) is 0 Å². The van der Waals surface area contributed by atoms with Crippen molar-refractivity contribution in [3.63, 3.8) is 0 Å².